The maximum absolute atomic E-state index is 11.6. The summed E-state index contributed by atoms with van der Waals surface area (Å²) in [7, 11) is 0. The Balaban J connectivity index is 4.99. The average molecular weight is 329 g/mol. The van der Waals surface area contributed by atoms with Crippen molar-refractivity contribution in [3.05, 3.63) is 12.2 Å². The number of allylic oxidation sites excluding steroid dienone is 2. The number of carbonyl (C=O) groups is 1. The van der Waals surface area contributed by atoms with E-state index in [0.29, 0.717) is 11.0 Å². The molecule has 2 atom stereocenters. The fourth-order valence-electron chi connectivity index (χ4n) is 3.17. The van der Waals surface area contributed by atoms with Gasteiger partial charge in [-0.05, 0) is 46.0 Å². The van der Waals surface area contributed by atoms with E-state index in [1.165, 1.54) is 0 Å². The molecule has 2 unspecified atom stereocenters. The molecule has 0 heterocycles. The van der Waals surface area contributed by atoms with Crippen LogP contribution in [0.1, 0.15) is 72.6 Å². The first-order chi connectivity index (χ1) is 10.9. The summed E-state index contributed by atoms with van der Waals surface area (Å²) in [5, 5.41) is 20.0. The Bertz CT molecular complexity index is 334. The van der Waals surface area contributed by atoms with Crippen molar-refractivity contribution in [2.24, 2.45) is 0 Å². The molecular weight excluding hydrogens is 290 g/mol. The third-order valence-corrected chi connectivity index (χ3v) is 4.81. The van der Waals surface area contributed by atoms with Crippen molar-refractivity contribution >= 4 is 5.97 Å². The standard InChI is InChI=1S/C19H37NO3/c1-5-8-11-12-13-18(21)16-20(14-9-6-2,15-10-7-3)17(4)19(22)23/h5,8,17-18,21H,6-7,9-16H2,1-4H3/p+1/b8-5+. The third kappa shape index (κ3) is 8.52. The number of hydrogen-bond donors (Lipinski definition) is 2. The minimum atomic E-state index is -0.752. The van der Waals surface area contributed by atoms with Crippen LogP contribution in [0.3, 0.4) is 0 Å². The Kier molecular flexibility index (Phi) is 12.1. The first-order valence-corrected chi connectivity index (χ1v) is 9.31. The molecule has 0 bridgehead atoms. The molecule has 0 aliphatic rings. The monoisotopic (exact) mass is 328 g/mol. The van der Waals surface area contributed by atoms with Gasteiger partial charge in [0.1, 0.15) is 12.6 Å². The van der Waals surface area contributed by atoms with Gasteiger partial charge in [-0.25, -0.2) is 4.79 Å². The van der Waals surface area contributed by atoms with E-state index in [1.807, 2.05) is 13.0 Å². The second kappa shape index (κ2) is 12.5. The zero-order valence-corrected chi connectivity index (χ0v) is 15.6. The van der Waals surface area contributed by atoms with Gasteiger partial charge < -0.3 is 14.7 Å². The number of carboxylic acid groups (broad SMARTS) is 1. The number of quaternary nitrogens is 1. The minimum absolute atomic E-state index is 0.421. The van der Waals surface area contributed by atoms with Crippen LogP contribution in [0.5, 0.6) is 0 Å². The number of nitrogens with zero attached hydrogens (tertiary/aromatic N) is 1. The highest BCUT2D eigenvalue weighted by Gasteiger charge is 2.39. The maximum Gasteiger partial charge on any atom is 0.362 e. The Morgan fingerprint density at radius 3 is 2.13 bits per heavy atom. The molecule has 0 aromatic heterocycles. The van der Waals surface area contributed by atoms with Crippen molar-refractivity contribution in [1.82, 2.24) is 0 Å². The van der Waals surface area contributed by atoms with Crippen LogP contribution in [0.25, 0.3) is 0 Å². The van der Waals surface area contributed by atoms with Gasteiger partial charge in [-0.15, -0.1) is 0 Å². The summed E-state index contributed by atoms with van der Waals surface area (Å²) in [4.78, 5) is 11.6. The van der Waals surface area contributed by atoms with Crippen LogP contribution in [0.4, 0.5) is 0 Å². The molecule has 0 saturated heterocycles. The Labute approximate surface area is 142 Å². The number of rotatable bonds is 14. The van der Waals surface area contributed by atoms with Crippen LogP contribution in [0, 0.1) is 0 Å². The lowest BCUT2D eigenvalue weighted by Gasteiger charge is -2.43. The number of unbranched alkanes of at least 4 members (excludes halogenated alkanes) is 3. The minimum Gasteiger partial charge on any atom is -0.477 e. The van der Waals surface area contributed by atoms with Crippen molar-refractivity contribution in [3.8, 4) is 0 Å². The van der Waals surface area contributed by atoms with Crippen LogP contribution >= 0.6 is 0 Å². The third-order valence-electron chi connectivity index (χ3n) is 4.81. The zero-order chi connectivity index (χ0) is 17.7. The number of aliphatic carboxylic acids is 1. The van der Waals surface area contributed by atoms with E-state index in [1.54, 1.807) is 6.92 Å². The molecule has 0 aromatic rings. The second-order valence-electron chi connectivity index (χ2n) is 6.72. The van der Waals surface area contributed by atoms with Gasteiger partial charge in [0.2, 0.25) is 0 Å². The lowest BCUT2D eigenvalue weighted by molar-refractivity contribution is -0.944. The van der Waals surface area contributed by atoms with Crippen molar-refractivity contribution < 1.29 is 19.5 Å². The molecule has 4 nitrogen and oxygen atoms in total. The van der Waals surface area contributed by atoms with Crippen LogP contribution in [0.2, 0.25) is 0 Å². The van der Waals surface area contributed by atoms with Crippen molar-refractivity contribution in [2.75, 3.05) is 19.6 Å². The molecule has 0 amide bonds. The second-order valence-corrected chi connectivity index (χ2v) is 6.72. The van der Waals surface area contributed by atoms with E-state index in [-0.39, 0.29) is 0 Å². The normalized spacial score (nSPS) is 15.0. The molecule has 0 spiro atoms. The summed E-state index contributed by atoms with van der Waals surface area (Å²) < 4.78 is 0.516. The highest BCUT2D eigenvalue weighted by Crippen LogP contribution is 2.21. The van der Waals surface area contributed by atoms with Gasteiger partial charge in [0, 0.05) is 0 Å². The summed E-state index contributed by atoms with van der Waals surface area (Å²) in [6.07, 6.45) is 10.5. The van der Waals surface area contributed by atoms with E-state index in [4.69, 9.17) is 0 Å². The fraction of sp³-hybridized carbons (Fsp3) is 0.842. The molecule has 0 radical (unpaired) electrons. The van der Waals surface area contributed by atoms with Crippen LogP contribution in [-0.4, -0.2) is 52.4 Å². The molecular formula is C19H38NO3+. The molecule has 0 aromatic carbocycles. The molecule has 0 fully saturated rings. The quantitative estimate of drug-likeness (QED) is 0.288. The maximum atomic E-state index is 11.6. The van der Waals surface area contributed by atoms with E-state index in [2.05, 4.69) is 19.9 Å². The van der Waals surface area contributed by atoms with E-state index >= 15 is 0 Å². The Hall–Kier alpha value is -0.870. The zero-order valence-electron chi connectivity index (χ0n) is 15.6. The SMILES string of the molecule is C/C=C/CCCC(O)C[N+](CCCC)(CCCC)C(C)C(=O)O. The van der Waals surface area contributed by atoms with Crippen LogP contribution in [-0.2, 0) is 4.79 Å². The predicted molar refractivity (Wildman–Crippen MR) is 96.4 cm³/mol. The first kappa shape index (κ1) is 22.1. The summed E-state index contributed by atoms with van der Waals surface area (Å²) in [6, 6.07) is -0.460. The van der Waals surface area contributed by atoms with Gasteiger partial charge in [0.05, 0.1) is 13.1 Å². The van der Waals surface area contributed by atoms with Gasteiger partial charge in [-0.2, -0.15) is 0 Å². The topological polar surface area (TPSA) is 57.5 Å². The number of aliphatic hydroxyl groups excluding tert-OH is 1. The molecule has 136 valence electrons. The fourth-order valence-corrected chi connectivity index (χ4v) is 3.17. The highest BCUT2D eigenvalue weighted by atomic mass is 16.4. The first-order valence-electron chi connectivity index (χ1n) is 9.31. The van der Waals surface area contributed by atoms with Gasteiger partial charge in [0.15, 0.2) is 6.04 Å². The summed E-state index contributed by atoms with van der Waals surface area (Å²) in [5.74, 6) is -0.752. The molecule has 4 heteroatoms. The van der Waals surface area contributed by atoms with Gasteiger partial charge >= 0.3 is 5.97 Å². The van der Waals surface area contributed by atoms with Gasteiger partial charge in [0.25, 0.3) is 0 Å². The number of hydrogen-bond acceptors (Lipinski definition) is 2. The van der Waals surface area contributed by atoms with Crippen molar-refractivity contribution in [2.45, 2.75) is 84.8 Å². The molecule has 0 saturated carbocycles. The van der Waals surface area contributed by atoms with Gasteiger partial charge in [-0.3, -0.25) is 0 Å². The molecule has 2 N–H and O–H groups in total. The Morgan fingerprint density at radius 1 is 1.13 bits per heavy atom. The average Bonchev–Trinajstić information content (AvgIpc) is 2.53. The summed E-state index contributed by atoms with van der Waals surface area (Å²) in [5.41, 5.74) is 0. The predicted octanol–water partition coefficient (Wildman–Crippen LogP) is 3.98. The van der Waals surface area contributed by atoms with Crippen LogP contribution < -0.4 is 0 Å². The van der Waals surface area contributed by atoms with Crippen LogP contribution in [0.15, 0.2) is 12.2 Å². The molecule has 0 rings (SSSR count). The van der Waals surface area contributed by atoms with E-state index in [0.717, 1.165) is 58.0 Å². The summed E-state index contributed by atoms with van der Waals surface area (Å²) in [6.45, 7) is 10.3. The van der Waals surface area contributed by atoms with E-state index < -0.39 is 18.1 Å². The summed E-state index contributed by atoms with van der Waals surface area (Å²) >= 11 is 0. The molecule has 23 heavy (non-hydrogen) atoms. The lowest BCUT2D eigenvalue weighted by atomic mass is 10.0. The molecule has 0 aliphatic carbocycles. The smallest absolute Gasteiger partial charge is 0.362 e. The lowest BCUT2D eigenvalue weighted by Crippen LogP contribution is -2.61. The number of carboxylic acids is 1. The van der Waals surface area contributed by atoms with E-state index in [9.17, 15) is 15.0 Å². The highest BCUT2D eigenvalue weighted by molar-refractivity contribution is 5.71. The molecule has 0 aliphatic heterocycles. The number of aliphatic hydroxyl groups is 1. The largest absolute Gasteiger partial charge is 0.477 e. The van der Waals surface area contributed by atoms with Crippen molar-refractivity contribution in [1.29, 1.82) is 0 Å². The van der Waals surface area contributed by atoms with Crippen molar-refractivity contribution in [3.63, 3.8) is 0 Å². The van der Waals surface area contributed by atoms with Gasteiger partial charge in [-0.1, -0.05) is 38.8 Å². The Morgan fingerprint density at radius 2 is 1.70 bits per heavy atom.